The Morgan fingerprint density at radius 2 is 2.26 bits per heavy atom. The van der Waals surface area contributed by atoms with Crippen molar-refractivity contribution in [3.8, 4) is 0 Å². The van der Waals surface area contributed by atoms with E-state index in [-0.39, 0.29) is 24.4 Å². The fourth-order valence-electron chi connectivity index (χ4n) is 2.54. The van der Waals surface area contributed by atoms with Gasteiger partial charge in [0, 0.05) is 33.3 Å². The summed E-state index contributed by atoms with van der Waals surface area (Å²) in [4.78, 5) is 13.9. The smallest absolute Gasteiger partial charge is 0.224 e. The Bertz CT molecular complexity index is 267. The Kier molecular flexibility index (Phi) is 7.68. The topological polar surface area (TPSA) is 50.8 Å². The predicted molar refractivity (Wildman–Crippen MR) is 75.7 cm³/mol. The highest BCUT2D eigenvalue weighted by Crippen LogP contribution is 2.15. The van der Waals surface area contributed by atoms with E-state index in [1.165, 1.54) is 6.42 Å². The number of ether oxygens (including phenoxy) is 2. The van der Waals surface area contributed by atoms with Crippen molar-refractivity contribution in [1.82, 2.24) is 10.2 Å². The van der Waals surface area contributed by atoms with Crippen LogP contribution in [0.15, 0.2) is 0 Å². The third-order valence-corrected chi connectivity index (χ3v) is 3.62. The molecule has 0 radical (unpaired) electrons. The zero-order valence-electron chi connectivity index (χ0n) is 11.6. The number of nitrogens with zero attached hydrogens (tertiary/aromatic N) is 1. The maximum atomic E-state index is 12.1. The Morgan fingerprint density at radius 3 is 2.89 bits per heavy atom. The summed E-state index contributed by atoms with van der Waals surface area (Å²) in [6.45, 7) is 4.85. The van der Waals surface area contributed by atoms with Gasteiger partial charge < -0.3 is 19.7 Å². The molecule has 0 aromatic heterocycles. The van der Waals surface area contributed by atoms with Crippen LogP contribution in [0.1, 0.15) is 19.3 Å². The Balaban J connectivity index is 0.00000180. The van der Waals surface area contributed by atoms with Gasteiger partial charge in [-0.2, -0.15) is 0 Å². The minimum absolute atomic E-state index is 0. The van der Waals surface area contributed by atoms with Gasteiger partial charge in [0.2, 0.25) is 5.91 Å². The second-order valence-electron chi connectivity index (χ2n) is 5.26. The summed E-state index contributed by atoms with van der Waals surface area (Å²) < 4.78 is 11.0. The molecule has 2 unspecified atom stereocenters. The van der Waals surface area contributed by atoms with E-state index in [1.54, 1.807) is 0 Å². The van der Waals surface area contributed by atoms with Gasteiger partial charge in [0.25, 0.3) is 0 Å². The molecule has 19 heavy (non-hydrogen) atoms. The van der Waals surface area contributed by atoms with E-state index in [0.717, 1.165) is 39.3 Å². The number of halogens is 1. The van der Waals surface area contributed by atoms with Gasteiger partial charge in [-0.3, -0.25) is 4.79 Å². The van der Waals surface area contributed by atoms with Crippen LogP contribution in [0.4, 0.5) is 0 Å². The van der Waals surface area contributed by atoms with Crippen molar-refractivity contribution in [2.24, 2.45) is 5.92 Å². The van der Waals surface area contributed by atoms with Gasteiger partial charge in [-0.25, -0.2) is 0 Å². The third kappa shape index (κ3) is 5.65. The van der Waals surface area contributed by atoms with Gasteiger partial charge in [0.15, 0.2) is 0 Å². The number of hydrogen-bond donors (Lipinski definition) is 1. The van der Waals surface area contributed by atoms with Crippen molar-refractivity contribution >= 4 is 18.3 Å². The largest absolute Gasteiger partial charge is 0.381 e. The molecule has 2 rings (SSSR count). The van der Waals surface area contributed by atoms with Gasteiger partial charge in [0.05, 0.1) is 25.7 Å². The number of carbonyl (C=O) groups is 1. The number of nitrogens with one attached hydrogen (secondary N) is 1. The molecule has 1 N–H and O–H groups in total. The molecular formula is C13H25ClN2O3. The zero-order chi connectivity index (χ0) is 12.8. The molecule has 2 heterocycles. The van der Waals surface area contributed by atoms with Gasteiger partial charge in [0.1, 0.15) is 0 Å². The minimum atomic E-state index is 0. The summed E-state index contributed by atoms with van der Waals surface area (Å²) in [6.07, 6.45) is 2.80. The number of carbonyl (C=O) groups excluding carboxylic acids is 1. The van der Waals surface area contributed by atoms with Crippen LogP contribution in [0.2, 0.25) is 0 Å². The molecular weight excluding hydrogens is 268 g/mol. The average Bonchev–Trinajstić information content (AvgIpc) is 2.41. The Morgan fingerprint density at radius 1 is 1.42 bits per heavy atom. The normalized spacial score (nSPS) is 27.4. The number of amides is 1. The fraction of sp³-hybridized carbons (Fsp3) is 0.923. The van der Waals surface area contributed by atoms with E-state index in [1.807, 2.05) is 11.9 Å². The third-order valence-electron chi connectivity index (χ3n) is 3.62. The second-order valence-corrected chi connectivity index (χ2v) is 5.26. The zero-order valence-corrected chi connectivity index (χ0v) is 12.4. The summed E-state index contributed by atoms with van der Waals surface area (Å²) in [7, 11) is 1.88. The molecule has 2 atom stereocenters. The van der Waals surface area contributed by atoms with E-state index in [0.29, 0.717) is 18.9 Å². The number of rotatable bonds is 4. The van der Waals surface area contributed by atoms with Gasteiger partial charge in [-0.05, 0) is 18.8 Å². The first kappa shape index (κ1) is 16.7. The molecule has 2 saturated heterocycles. The van der Waals surface area contributed by atoms with Crippen molar-refractivity contribution in [2.45, 2.75) is 25.4 Å². The fourth-order valence-corrected chi connectivity index (χ4v) is 2.54. The maximum Gasteiger partial charge on any atom is 0.224 e. The summed E-state index contributed by atoms with van der Waals surface area (Å²) in [6, 6.07) is 0. The van der Waals surface area contributed by atoms with Crippen molar-refractivity contribution in [2.75, 3.05) is 46.5 Å². The molecule has 0 bridgehead atoms. The quantitative estimate of drug-likeness (QED) is 0.828. The Hall–Kier alpha value is -0.360. The lowest BCUT2D eigenvalue weighted by atomic mass is 10.0. The first-order valence-electron chi connectivity index (χ1n) is 6.89. The van der Waals surface area contributed by atoms with Crippen LogP contribution in [0.5, 0.6) is 0 Å². The lowest BCUT2D eigenvalue weighted by molar-refractivity contribution is -0.134. The van der Waals surface area contributed by atoms with E-state index < -0.39 is 0 Å². The molecule has 0 aliphatic carbocycles. The van der Waals surface area contributed by atoms with E-state index in [2.05, 4.69) is 5.32 Å². The van der Waals surface area contributed by atoms with Crippen LogP contribution in [-0.2, 0) is 14.3 Å². The Labute approximate surface area is 121 Å². The first-order valence-corrected chi connectivity index (χ1v) is 6.89. The molecule has 0 saturated carbocycles. The SMILES string of the molecule is CN(CC1CCCOC1)C(=O)CC1CNCCO1.Cl. The highest BCUT2D eigenvalue weighted by Gasteiger charge is 2.22. The second kappa shape index (κ2) is 8.74. The molecule has 2 aliphatic heterocycles. The van der Waals surface area contributed by atoms with Gasteiger partial charge in [-0.1, -0.05) is 0 Å². The summed E-state index contributed by atoms with van der Waals surface area (Å²) in [5.74, 6) is 0.673. The molecule has 0 aromatic rings. The van der Waals surface area contributed by atoms with E-state index in [9.17, 15) is 4.79 Å². The number of morpholine rings is 1. The van der Waals surface area contributed by atoms with Crippen molar-refractivity contribution in [3.05, 3.63) is 0 Å². The summed E-state index contributed by atoms with van der Waals surface area (Å²) in [5.41, 5.74) is 0. The molecule has 0 spiro atoms. The van der Waals surface area contributed by atoms with Crippen LogP contribution < -0.4 is 5.32 Å². The molecule has 2 fully saturated rings. The molecule has 6 heteroatoms. The minimum Gasteiger partial charge on any atom is -0.381 e. The molecule has 0 aromatic carbocycles. The van der Waals surface area contributed by atoms with Crippen LogP contribution in [-0.4, -0.2) is 63.4 Å². The molecule has 5 nitrogen and oxygen atoms in total. The lowest BCUT2D eigenvalue weighted by Gasteiger charge is -2.29. The highest BCUT2D eigenvalue weighted by molar-refractivity contribution is 5.85. The average molecular weight is 293 g/mol. The standard InChI is InChI=1S/C13H24N2O3.ClH/c1-15(9-11-3-2-5-17-10-11)13(16)7-12-8-14-4-6-18-12;/h11-12,14H,2-10H2,1H3;1H. The molecule has 2 aliphatic rings. The molecule has 1 amide bonds. The van der Waals surface area contributed by atoms with Crippen LogP contribution in [0.3, 0.4) is 0 Å². The predicted octanol–water partition coefficient (Wildman–Crippen LogP) is 0.672. The van der Waals surface area contributed by atoms with Crippen LogP contribution in [0.25, 0.3) is 0 Å². The molecule has 112 valence electrons. The van der Waals surface area contributed by atoms with E-state index >= 15 is 0 Å². The van der Waals surface area contributed by atoms with Crippen LogP contribution >= 0.6 is 12.4 Å². The first-order chi connectivity index (χ1) is 8.75. The van der Waals surface area contributed by atoms with Crippen molar-refractivity contribution in [3.63, 3.8) is 0 Å². The van der Waals surface area contributed by atoms with Gasteiger partial charge >= 0.3 is 0 Å². The van der Waals surface area contributed by atoms with Crippen molar-refractivity contribution < 1.29 is 14.3 Å². The van der Waals surface area contributed by atoms with Crippen LogP contribution in [0, 0.1) is 5.92 Å². The summed E-state index contributed by atoms with van der Waals surface area (Å²) in [5, 5.41) is 3.24. The maximum absolute atomic E-state index is 12.1. The van der Waals surface area contributed by atoms with E-state index in [4.69, 9.17) is 9.47 Å². The van der Waals surface area contributed by atoms with Crippen molar-refractivity contribution in [1.29, 1.82) is 0 Å². The monoisotopic (exact) mass is 292 g/mol. The lowest BCUT2D eigenvalue weighted by Crippen LogP contribution is -2.43. The van der Waals surface area contributed by atoms with Gasteiger partial charge in [-0.15, -0.1) is 12.4 Å². The highest BCUT2D eigenvalue weighted by atomic mass is 35.5. The number of hydrogen-bond acceptors (Lipinski definition) is 4. The summed E-state index contributed by atoms with van der Waals surface area (Å²) >= 11 is 0.